The first-order chi connectivity index (χ1) is 6.75. The number of carboxylic acids is 1. The second kappa shape index (κ2) is 4.13. The molecule has 3 nitrogen and oxygen atoms in total. The van der Waals surface area contributed by atoms with E-state index in [0.29, 0.717) is 5.92 Å². The number of hydrogen-bond donors (Lipinski definition) is 1. The van der Waals surface area contributed by atoms with Crippen LogP contribution in [-0.4, -0.2) is 24.3 Å². The van der Waals surface area contributed by atoms with Crippen LogP contribution in [-0.2, 0) is 9.53 Å². The molecule has 14 heavy (non-hydrogen) atoms. The largest absolute Gasteiger partial charge is 0.481 e. The molecule has 0 aromatic rings. The van der Waals surface area contributed by atoms with E-state index in [0.717, 1.165) is 38.9 Å². The quantitative estimate of drug-likeness (QED) is 0.685. The molecule has 0 amide bonds. The maximum atomic E-state index is 10.6. The number of ether oxygens (including phenoxy) is 1. The van der Waals surface area contributed by atoms with E-state index in [2.05, 4.69) is 6.08 Å². The van der Waals surface area contributed by atoms with Crippen LogP contribution in [0.4, 0.5) is 0 Å². The minimum atomic E-state index is -0.644. The van der Waals surface area contributed by atoms with Gasteiger partial charge in [-0.3, -0.25) is 4.79 Å². The van der Waals surface area contributed by atoms with Crippen molar-refractivity contribution in [2.45, 2.75) is 25.7 Å². The van der Waals surface area contributed by atoms with Crippen LogP contribution in [0.1, 0.15) is 25.7 Å². The molecule has 1 aliphatic heterocycles. The van der Waals surface area contributed by atoms with Gasteiger partial charge in [0.25, 0.3) is 0 Å². The molecule has 3 heteroatoms. The number of rotatable bonds is 2. The normalized spacial score (nSPS) is 28.3. The topological polar surface area (TPSA) is 46.5 Å². The lowest BCUT2D eigenvalue weighted by atomic mass is 9.78. The summed E-state index contributed by atoms with van der Waals surface area (Å²) in [5, 5.41) is 8.71. The summed E-state index contributed by atoms with van der Waals surface area (Å²) in [5.74, 6) is -0.122. The van der Waals surface area contributed by atoms with Crippen molar-refractivity contribution in [3.05, 3.63) is 11.6 Å². The van der Waals surface area contributed by atoms with Gasteiger partial charge >= 0.3 is 5.97 Å². The zero-order valence-electron chi connectivity index (χ0n) is 8.24. The van der Waals surface area contributed by atoms with Gasteiger partial charge in [0, 0.05) is 13.2 Å². The molecule has 1 saturated heterocycles. The first-order valence-corrected chi connectivity index (χ1v) is 5.26. The van der Waals surface area contributed by atoms with Gasteiger partial charge in [0.2, 0.25) is 0 Å². The molecule has 1 heterocycles. The maximum absolute atomic E-state index is 10.6. The standard InChI is InChI=1S/C11H16O3/c12-11(13)10-6-9(7-10)5-8-1-3-14-4-2-8/h5,8,10H,1-4,6-7H2,(H,12,13). The molecule has 0 aromatic heterocycles. The van der Waals surface area contributed by atoms with Crippen LogP contribution in [0.5, 0.6) is 0 Å². The van der Waals surface area contributed by atoms with Crippen LogP contribution in [0.3, 0.4) is 0 Å². The van der Waals surface area contributed by atoms with Crippen molar-refractivity contribution in [3.63, 3.8) is 0 Å². The summed E-state index contributed by atoms with van der Waals surface area (Å²) in [6, 6.07) is 0. The number of hydrogen-bond acceptors (Lipinski definition) is 2. The molecule has 0 unspecified atom stereocenters. The van der Waals surface area contributed by atoms with Crippen LogP contribution < -0.4 is 0 Å². The van der Waals surface area contributed by atoms with Gasteiger partial charge in [-0.2, -0.15) is 0 Å². The second-order valence-electron chi connectivity index (χ2n) is 4.22. The molecule has 2 aliphatic rings. The predicted molar refractivity (Wildman–Crippen MR) is 52.0 cm³/mol. The average molecular weight is 196 g/mol. The van der Waals surface area contributed by atoms with Crippen molar-refractivity contribution in [1.29, 1.82) is 0 Å². The fourth-order valence-electron chi connectivity index (χ4n) is 2.10. The minimum Gasteiger partial charge on any atom is -0.481 e. The van der Waals surface area contributed by atoms with E-state index in [1.54, 1.807) is 0 Å². The van der Waals surface area contributed by atoms with Crippen LogP contribution in [0.15, 0.2) is 11.6 Å². The van der Waals surface area contributed by atoms with E-state index in [1.165, 1.54) is 5.57 Å². The summed E-state index contributed by atoms with van der Waals surface area (Å²) in [6.07, 6.45) is 6.02. The molecule has 2 fully saturated rings. The first kappa shape index (κ1) is 9.71. The van der Waals surface area contributed by atoms with Crippen LogP contribution in [0, 0.1) is 11.8 Å². The third-order valence-electron chi connectivity index (χ3n) is 3.10. The Morgan fingerprint density at radius 3 is 2.57 bits per heavy atom. The van der Waals surface area contributed by atoms with Gasteiger partial charge in [-0.1, -0.05) is 11.6 Å². The number of aliphatic carboxylic acids is 1. The summed E-state index contributed by atoms with van der Waals surface area (Å²) in [7, 11) is 0. The Balaban J connectivity index is 1.79. The summed E-state index contributed by atoms with van der Waals surface area (Å²) in [6.45, 7) is 1.72. The lowest BCUT2D eigenvalue weighted by Gasteiger charge is -2.28. The number of allylic oxidation sites excluding steroid dienone is 2. The number of carbonyl (C=O) groups is 1. The molecule has 0 spiro atoms. The Morgan fingerprint density at radius 2 is 2.00 bits per heavy atom. The van der Waals surface area contributed by atoms with Crippen molar-refractivity contribution in [2.75, 3.05) is 13.2 Å². The van der Waals surface area contributed by atoms with Crippen molar-refractivity contribution in [2.24, 2.45) is 11.8 Å². The zero-order chi connectivity index (χ0) is 9.97. The summed E-state index contributed by atoms with van der Waals surface area (Å²) in [4.78, 5) is 10.6. The first-order valence-electron chi connectivity index (χ1n) is 5.26. The molecule has 0 atom stereocenters. The monoisotopic (exact) mass is 196 g/mol. The zero-order valence-corrected chi connectivity index (χ0v) is 8.24. The fourth-order valence-corrected chi connectivity index (χ4v) is 2.10. The Bertz CT molecular complexity index is 243. The average Bonchev–Trinajstić information content (AvgIpc) is 2.12. The van der Waals surface area contributed by atoms with Gasteiger partial charge in [0.15, 0.2) is 0 Å². The van der Waals surface area contributed by atoms with Crippen LogP contribution in [0.25, 0.3) is 0 Å². The van der Waals surface area contributed by atoms with Crippen molar-refractivity contribution < 1.29 is 14.6 Å². The fraction of sp³-hybridized carbons (Fsp3) is 0.727. The van der Waals surface area contributed by atoms with Gasteiger partial charge in [-0.05, 0) is 31.6 Å². The molecule has 2 rings (SSSR count). The highest BCUT2D eigenvalue weighted by Gasteiger charge is 2.29. The van der Waals surface area contributed by atoms with E-state index >= 15 is 0 Å². The maximum Gasteiger partial charge on any atom is 0.307 e. The third-order valence-corrected chi connectivity index (χ3v) is 3.10. The molecule has 1 saturated carbocycles. The molecular formula is C11H16O3. The molecular weight excluding hydrogens is 180 g/mol. The molecule has 78 valence electrons. The molecule has 0 radical (unpaired) electrons. The van der Waals surface area contributed by atoms with Crippen molar-refractivity contribution in [3.8, 4) is 0 Å². The highest BCUT2D eigenvalue weighted by Crippen LogP contribution is 2.35. The Labute approximate surface area is 83.8 Å². The lowest BCUT2D eigenvalue weighted by Crippen LogP contribution is -2.25. The molecule has 1 aliphatic carbocycles. The summed E-state index contributed by atoms with van der Waals surface area (Å²) < 4.78 is 5.27. The van der Waals surface area contributed by atoms with E-state index < -0.39 is 5.97 Å². The van der Waals surface area contributed by atoms with E-state index in [-0.39, 0.29) is 5.92 Å². The summed E-state index contributed by atoms with van der Waals surface area (Å²) in [5.41, 5.74) is 1.34. The smallest absolute Gasteiger partial charge is 0.307 e. The SMILES string of the molecule is O=C(O)C1CC(=CC2CCOCC2)C1. The molecule has 0 aromatic carbocycles. The predicted octanol–water partition coefficient (Wildman–Crippen LogP) is 1.83. The molecule has 1 N–H and O–H groups in total. The minimum absolute atomic E-state index is 0.110. The van der Waals surface area contributed by atoms with E-state index in [1.807, 2.05) is 0 Å². The van der Waals surface area contributed by atoms with Crippen LogP contribution >= 0.6 is 0 Å². The van der Waals surface area contributed by atoms with Crippen molar-refractivity contribution in [1.82, 2.24) is 0 Å². The van der Waals surface area contributed by atoms with Gasteiger partial charge < -0.3 is 9.84 Å². The van der Waals surface area contributed by atoms with E-state index in [9.17, 15) is 4.79 Å². The van der Waals surface area contributed by atoms with E-state index in [4.69, 9.17) is 9.84 Å². The Kier molecular flexibility index (Phi) is 2.87. The highest BCUT2D eigenvalue weighted by atomic mass is 16.5. The highest BCUT2D eigenvalue weighted by molar-refractivity contribution is 5.72. The van der Waals surface area contributed by atoms with Gasteiger partial charge in [-0.25, -0.2) is 0 Å². The lowest BCUT2D eigenvalue weighted by molar-refractivity contribution is -0.143. The third kappa shape index (κ3) is 2.15. The Hall–Kier alpha value is -0.830. The second-order valence-corrected chi connectivity index (χ2v) is 4.22. The Morgan fingerprint density at radius 1 is 1.36 bits per heavy atom. The van der Waals surface area contributed by atoms with Gasteiger partial charge in [0.1, 0.15) is 0 Å². The number of carboxylic acid groups (broad SMARTS) is 1. The van der Waals surface area contributed by atoms with Gasteiger partial charge in [0.05, 0.1) is 5.92 Å². The van der Waals surface area contributed by atoms with Gasteiger partial charge in [-0.15, -0.1) is 0 Å². The molecule has 0 bridgehead atoms. The van der Waals surface area contributed by atoms with Crippen molar-refractivity contribution >= 4 is 5.97 Å². The summed E-state index contributed by atoms with van der Waals surface area (Å²) >= 11 is 0. The van der Waals surface area contributed by atoms with Crippen LogP contribution in [0.2, 0.25) is 0 Å².